The summed E-state index contributed by atoms with van der Waals surface area (Å²) in [6.45, 7) is 16.7. The van der Waals surface area contributed by atoms with Gasteiger partial charge in [0.1, 0.15) is 17.7 Å². The minimum atomic E-state index is -0.949. The number of alkyl carbamates (subject to hydrolysis) is 1. The number of hydrogen-bond acceptors (Lipinski definition) is 4. The number of hydrogen-bond donors (Lipinski definition) is 2. The molecular weight excluding hydrogens is 466 g/mol. The molecule has 202 valence electrons. The lowest BCUT2D eigenvalue weighted by Gasteiger charge is -2.43. The molecule has 0 bridgehead atoms. The molecule has 0 radical (unpaired) electrons. The molecule has 7 nitrogen and oxygen atoms in total. The van der Waals surface area contributed by atoms with Gasteiger partial charge in [-0.15, -0.1) is 0 Å². The summed E-state index contributed by atoms with van der Waals surface area (Å²) in [5.41, 5.74) is 1.04. The topological polar surface area (TPSA) is 87.7 Å². The zero-order valence-electron chi connectivity index (χ0n) is 23.7. The first kappa shape index (κ1) is 29.9. The maximum atomic E-state index is 14.4. The van der Waals surface area contributed by atoms with Crippen LogP contribution in [0.15, 0.2) is 54.6 Å². The molecule has 2 N–H and O–H groups in total. The van der Waals surface area contributed by atoms with E-state index in [1.807, 2.05) is 96.1 Å². The number of aryl methyl sites for hydroxylation is 1. The van der Waals surface area contributed by atoms with Gasteiger partial charge in [-0.05, 0) is 79.0 Å². The van der Waals surface area contributed by atoms with Crippen molar-refractivity contribution in [1.82, 2.24) is 15.5 Å². The maximum Gasteiger partial charge on any atom is 0.408 e. The summed E-state index contributed by atoms with van der Waals surface area (Å²) >= 11 is 0. The van der Waals surface area contributed by atoms with Crippen LogP contribution in [0.3, 0.4) is 0 Å². The van der Waals surface area contributed by atoms with E-state index in [1.165, 1.54) is 0 Å². The molecule has 2 atom stereocenters. The summed E-state index contributed by atoms with van der Waals surface area (Å²) in [6, 6.07) is 15.1. The monoisotopic (exact) mass is 509 g/mol. The third-order valence-corrected chi connectivity index (χ3v) is 5.65. The first-order valence-corrected chi connectivity index (χ1v) is 12.8. The van der Waals surface area contributed by atoms with Crippen molar-refractivity contribution in [3.05, 3.63) is 71.3 Å². The van der Waals surface area contributed by atoms with E-state index in [1.54, 1.807) is 25.7 Å². The van der Waals surface area contributed by atoms with Gasteiger partial charge in [0.15, 0.2) is 0 Å². The Morgan fingerprint density at radius 3 is 1.95 bits per heavy atom. The van der Waals surface area contributed by atoms with E-state index < -0.39 is 29.3 Å². The van der Waals surface area contributed by atoms with Crippen LogP contribution in [0.2, 0.25) is 0 Å². The lowest BCUT2D eigenvalue weighted by molar-refractivity contribution is -0.148. The molecular formula is C30H43N3O4. The predicted molar refractivity (Wildman–Crippen MR) is 147 cm³/mol. The maximum absolute atomic E-state index is 14.4. The van der Waals surface area contributed by atoms with Gasteiger partial charge in [-0.3, -0.25) is 9.59 Å². The van der Waals surface area contributed by atoms with Crippen molar-refractivity contribution in [2.24, 2.45) is 0 Å². The number of carbonyl (C=O) groups is 3. The Morgan fingerprint density at radius 1 is 0.865 bits per heavy atom. The number of amides is 3. The molecule has 0 heterocycles. The normalized spacial score (nSPS) is 13.5. The molecule has 0 aliphatic carbocycles. The number of benzene rings is 2. The highest BCUT2D eigenvalue weighted by atomic mass is 16.6. The number of carbonyl (C=O) groups excluding carboxylic acids is 3. The summed E-state index contributed by atoms with van der Waals surface area (Å²) in [7, 11) is 0. The van der Waals surface area contributed by atoms with Gasteiger partial charge in [0, 0.05) is 18.0 Å². The summed E-state index contributed by atoms with van der Waals surface area (Å²) in [6.07, 6.45) is -0.438. The average Bonchev–Trinajstić information content (AvgIpc) is 2.75. The van der Waals surface area contributed by atoms with Crippen LogP contribution in [0.25, 0.3) is 0 Å². The van der Waals surface area contributed by atoms with Gasteiger partial charge in [0.2, 0.25) is 11.8 Å². The molecule has 2 aromatic rings. The molecule has 2 unspecified atom stereocenters. The molecule has 2 aromatic carbocycles. The minimum absolute atomic E-state index is 0.115. The fourth-order valence-electron chi connectivity index (χ4n) is 4.17. The summed E-state index contributed by atoms with van der Waals surface area (Å²) in [5, 5.41) is 5.78. The van der Waals surface area contributed by atoms with Crippen molar-refractivity contribution in [3.8, 4) is 0 Å². The van der Waals surface area contributed by atoms with Crippen molar-refractivity contribution in [3.63, 3.8) is 0 Å². The van der Waals surface area contributed by atoms with Gasteiger partial charge < -0.3 is 20.3 Å². The molecule has 0 saturated carbocycles. The van der Waals surface area contributed by atoms with Gasteiger partial charge in [-0.25, -0.2) is 4.79 Å². The van der Waals surface area contributed by atoms with Gasteiger partial charge in [-0.1, -0.05) is 54.6 Å². The minimum Gasteiger partial charge on any atom is -0.444 e. The highest BCUT2D eigenvalue weighted by molar-refractivity contribution is 5.93. The fraction of sp³-hybridized carbons (Fsp3) is 0.500. The highest BCUT2D eigenvalue weighted by Gasteiger charge is 2.42. The molecule has 3 amide bonds. The number of ether oxygens (including phenoxy) is 1. The van der Waals surface area contributed by atoms with Gasteiger partial charge >= 0.3 is 6.09 Å². The number of nitrogens with zero attached hydrogens (tertiary/aromatic N) is 1. The molecule has 0 aliphatic heterocycles. The third kappa shape index (κ3) is 8.92. The molecule has 2 rings (SSSR count). The molecule has 0 aliphatic rings. The predicted octanol–water partition coefficient (Wildman–Crippen LogP) is 5.32. The van der Waals surface area contributed by atoms with Crippen LogP contribution in [0.4, 0.5) is 4.79 Å². The summed E-state index contributed by atoms with van der Waals surface area (Å²) in [4.78, 5) is 42.5. The molecule has 7 heteroatoms. The second-order valence-electron chi connectivity index (χ2n) is 11.7. The van der Waals surface area contributed by atoms with Crippen LogP contribution in [0.5, 0.6) is 0 Å². The molecule has 0 aromatic heterocycles. The Labute approximate surface area is 222 Å². The molecule has 37 heavy (non-hydrogen) atoms. The van der Waals surface area contributed by atoms with Crippen LogP contribution in [0.1, 0.15) is 78.1 Å². The quantitative estimate of drug-likeness (QED) is 0.504. The Balaban J connectivity index is 2.61. The van der Waals surface area contributed by atoms with Crippen molar-refractivity contribution in [2.75, 3.05) is 0 Å². The fourth-order valence-corrected chi connectivity index (χ4v) is 4.17. The van der Waals surface area contributed by atoms with E-state index in [4.69, 9.17) is 4.74 Å². The smallest absolute Gasteiger partial charge is 0.408 e. The van der Waals surface area contributed by atoms with E-state index in [0.717, 1.165) is 16.7 Å². The van der Waals surface area contributed by atoms with E-state index >= 15 is 0 Å². The Morgan fingerprint density at radius 2 is 1.43 bits per heavy atom. The van der Waals surface area contributed by atoms with E-state index in [2.05, 4.69) is 10.6 Å². The van der Waals surface area contributed by atoms with Crippen LogP contribution >= 0.6 is 0 Å². The van der Waals surface area contributed by atoms with Crippen molar-refractivity contribution in [1.29, 1.82) is 0 Å². The zero-order chi connectivity index (χ0) is 28.0. The first-order chi connectivity index (χ1) is 17.1. The first-order valence-electron chi connectivity index (χ1n) is 12.8. The average molecular weight is 510 g/mol. The largest absolute Gasteiger partial charge is 0.444 e. The molecule has 0 saturated heterocycles. The van der Waals surface area contributed by atoms with E-state index in [9.17, 15) is 14.4 Å². The summed E-state index contributed by atoms with van der Waals surface area (Å²) in [5.74, 6) is -0.641. The van der Waals surface area contributed by atoms with Gasteiger partial charge in [-0.2, -0.15) is 0 Å². The zero-order valence-corrected chi connectivity index (χ0v) is 23.7. The molecule has 0 fully saturated rings. The van der Waals surface area contributed by atoms with Crippen LogP contribution in [-0.2, 0) is 20.7 Å². The molecule has 0 spiro atoms. The standard InChI is InChI=1S/C30H43N3O4/c1-20(2)31-26(34)25(23-18-14-13-15-21(23)3)33(29(4,5)6)27(35)24(19-22-16-11-10-12-17-22)32-28(36)37-30(7,8)9/h10-18,20,24-25H,19H2,1-9H3,(H,31,34)(H,32,36). The van der Waals surface area contributed by atoms with Crippen LogP contribution < -0.4 is 10.6 Å². The lowest BCUT2D eigenvalue weighted by Crippen LogP contribution is -2.59. The number of nitrogens with one attached hydrogen (secondary N) is 2. The summed E-state index contributed by atoms with van der Waals surface area (Å²) < 4.78 is 5.49. The second-order valence-corrected chi connectivity index (χ2v) is 11.7. The van der Waals surface area contributed by atoms with Crippen molar-refractivity contribution >= 4 is 17.9 Å². The number of rotatable bonds is 8. The van der Waals surface area contributed by atoms with Crippen LogP contribution in [-0.4, -0.2) is 46.0 Å². The Kier molecular flexibility index (Phi) is 9.90. The van der Waals surface area contributed by atoms with Gasteiger partial charge in [0.05, 0.1) is 0 Å². The van der Waals surface area contributed by atoms with E-state index in [-0.39, 0.29) is 24.3 Å². The van der Waals surface area contributed by atoms with Crippen molar-refractivity contribution in [2.45, 2.75) is 98.0 Å². The third-order valence-electron chi connectivity index (χ3n) is 5.65. The second kappa shape index (κ2) is 12.3. The SMILES string of the molecule is Cc1ccccc1C(C(=O)NC(C)C)N(C(=O)C(Cc1ccccc1)NC(=O)OC(C)(C)C)C(C)(C)C. The van der Waals surface area contributed by atoms with Gasteiger partial charge in [0.25, 0.3) is 0 Å². The lowest BCUT2D eigenvalue weighted by atomic mass is 9.92. The van der Waals surface area contributed by atoms with Crippen molar-refractivity contribution < 1.29 is 19.1 Å². The Bertz CT molecular complexity index is 1070. The highest BCUT2D eigenvalue weighted by Crippen LogP contribution is 2.32. The van der Waals surface area contributed by atoms with E-state index in [0.29, 0.717) is 0 Å². The Hall–Kier alpha value is -3.35. The van der Waals surface area contributed by atoms with Crippen LogP contribution in [0, 0.1) is 6.92 Å².